The molecular formula is C19H21N5. The van der Waals surface area contributed by atoms with Crippen LogP contribution in [0.3, 0.4) is 0 Å². The quantitative estimate of drug-likeness (QED) is 0.742. The highest BCUT2D eigenvalue weighted by Crippen LogP contribution is 2.29. The summed E-state index contributed by atoms with van der Waals surface area (Å²) in [6.45, 7) is 2.04. The molecule has 1 aliphatic heterocycles. The fourth-order valence-electron chi connectivity index (χ4n) is 3.40. The van der Waals surface area contributed by atoms with Crippen LogP contribution in [-0.2, 0) is 0 Å². The summed E-state index contributed by atoms with van der Waals surface area (Å²) >= 11 is 0. The van der Waals surface area contributed by atoms with Gasteiger partial charge in [0, 0.05) is 25.5 Å². The van der Waals surface area contributed by atoms with Crippen LogP contribution in [0.1, 0.15) is 30.7 Å². The van der Waals surface area contributed by atoms with Crippen molar-refractivity contribution in [2.24, 2.45) is 0 Å². The van der Waals surface area contributed by atoms with Gasteiger partial charge in [0.25, 0.3) is 0 Å². The van der Waals surface area contributed by atoms with E-state index in [1.54, 1.807) is 17.1 Å². The van der Waals surface area contributed by atoms with Crippen LogP contribution in [0, 0.1) is 0 Å². The van der Waals surface area contributed by atoms with E-state index in [0.717, 1.165) is 31.1 Å². The largest absolute Gasteiger partial charge is 0.355 e. The third-order valence-electron chi connectivity index (χ3n) is 4.67. The van der Waals surface area contributed by atoms with Gasteiger partial charge in [-0.1, -0.05) is 30.3 Å². The molecule has 4 rings (SSSR count). The Kier molecular flexibility index (Phi) is 4.23. The highest BCUT2D eigenvalue weighted by molar-refractivity contribution is 5.39. The molecule has 0 aliphatic carbocycles. The normalized spacial score (nSPS) is 18.3. The number of benzene rings is 1. The van der Waals surface area contributed by atoms with Gasteiger partial charge in [-0.15, -0.1) is 0 Å². The molecule has 2 aromatic heterocycles. The summed E-state index contributed by atoms with van der Waals surface area (Å²) in [4.78, 5) is 11.5. The van der Waals surface area contributed by atoms with Crippen molar-refractivity contribution >= 4 is 5.82 Å². The van der Waals surface area contributed by atoms with Crippen molar-refractivity contribution < 1.29 is 0 Å². The molecule has 1 saturated heterocycles. The predicted octanol–water partition coefficient (Wildman–Crippen LogP) is 3.44. The maximum absolute atomic E-state index is 4.74. The minimum absolute atomic E-state index is 0.637. The topological polar surface area (TPSA) is 46.8 Å². The molecule has 24 heavy (non-hydrogen) atoms. The summed E-state index contributed by atoms with van der Waals surface area (Å²) in [5, 5.41) is 4.24. The molecule has 5 heteroatoms. The Labute approximate surface area is 142 Å². The zero-order chi connectivity index (χ0) is 16.2. The molecule has 3 aromatic rings. The smallest absolute Gasteiger partial charge is 0.173 e. The van der Waals surface area contributed by atoms with Crippen LogP contribution in [0.15, 0.2) is 61.2 Å². The van der Waals surface area contributed by atoms with Crippen molar-refractivity contribution in [3.05, 3.63) is 66.7 Å². The average Bonchev–Trinajstić information content (AvgIpc) is 3.07. The molecule has 0 spiro atoms. The van der Waals surface area contributed by atoms with E-state index in [1.165, 1.54) is 18.4 Å². The van der Waals surface area contributed by atoms with E-state index in [-0.39, 0.29) is 0 Å². The highest BCUT2D eigenvalue weighted by Gasteiger charge is 2.19. The van der Waals surface area contributed by atoms with Crippen LogP contribution >= 0.6 is 0 Å². The van der Waals surface area contributed by atoms with Gasteiger partial charge in [0.1, 0.15) is 5.82 Å². The molecule has 1 aromatic carbocycles. The second kappa shape index (κ2) is 6.83. The van der Waals surface area contributed by atoms with E-state index >= 15 is 0 Å². The van der Waals surface area contributed by atoms with Gasteiger partial charge in [-0.2, -0.15) is 5.10 Å². The van der Waals surface area contributed by atoms with Gasteiger partial charge < -0.3 is 4.90 Å². The Morgan fingerprint density at radius 1 is 0.917 bits per heavy atom. The number of hydrogen-bond acceptors (Lipinski definition) is 4. The predicted molar refractivity (Wildman–Crippen MR) is 94.4 cm³/mol. The Hall–Kier alpha value is -2.69. The van der Waals surface area contributed by atoms with Crippen molar-refractivity contribution in [2.75, 3.05) is 18.0 Å². The lowest BCUT2D eigenvalue weighted by Gasteiger charge is -2.21. The van der Waals surface area contributed by atoms with Crippen molar-refractivity contribution in [1.82, 2.24) is 19.7 Å². The summed E-state index contributed by atoms with van der Waals surface area (Å²) in [5.74, 6) is 2.34. The van der Waals surface area contributed by atoms with E-state index in [1.807, 2.05) is 18.5 Å². The number of hydrogen-bond donors (Lipinski definition) is 0. The molecule has 1 fully saturated rings. The van der Waals surface area contributed by atoms with Crippen LogP contribution in [0.4, 0.5) is 5.82 Å². The molecule has 0 amide bonds. The number of rotatable bonds is 3. The van der Waals surface area contributed by atoms with E-state index in [0.29, 0.717) is 5.92 Å². The average molecular weight is 319 g/mol. The van der Waals surface area contributed by atoms with Crippen LogP contribution < -0.4 is 4.90 Å². The van der Waals surface area contributed by atoms with Crippen molar-refractivity contribution in [3.8, 4) is 5.82 Å². The monoisotopic (exact) mass is 319 g/mol. The molecular weight excluding hydrogens is 298 g/mol. The molecule has 122 valence electrons. The van der Waals surface area contributed by atoms with Crippen LogP contribution in [0.25, 0.3) is 5.82 Å². The minimum Gasteiger partial charge on any atom is -0.355 e. The lowest BCUT2D eigenvalue weighted by atomic mass is 9.92. The van der Waals surface area contributed by atoms with Crippen LogP contribution in [0.2, 0.25) is 0 Å². The fourth-order valence-corrected chi connectivity index (χ4v) is 3.40. The summed E-state index contributed by atoms with van der Waals surface area (Å²) in [5.41, 5.74) is 1.45. The first-order valence-electron chi connectivity index (χ1n) is 8.52. The third-order valence-corrected chi connectivity index (χ3v) is 4.67. The number of aromatic nitrogens is 4. The Morgan fingerprint density at radius 2 is 1.79 bits per heavy atom. The third kappa shape index (κ3) is 3.15. The van der Waals surface area contributed by atoms with Gasteiger partial charge in [0.2, 0.25) is 0 Å². The molecule has 1 aliphatic rings. The van der Waals surface area contributed by atoms with Crippen molar-refractivity contribution in [1.29, 1.82) is 0 Å². The maximum Gasteiger partial charge on any atom is 0.173 e. The lowest BCUT2D eigenvalue weighted by Crippen LogP contribution is -2.25. The standard InChI is InChI=1S/C19H21N5/c1-2-6-16(7-3-1)17-8-4-11-23(13-9-17)18-14-20-15-19(22-18)24-12-5-10-21-24/h1-3,5-7,10,12,14-15,17H,4,8-9,11,13H2/t17-/m1/s1. The van der Waals surface area contributed by atoms with Crippen LogP contribution in [-0.4, -0.2) is 32.8 Å². The first-order valence-corrected chi connectivity index (χ1v) is 8.52. The summed E-state index contributed by atoms with van der Waals surface area (Å²) in [7, 11) is 0. The molecule has 0 radical (unpaired) electrons. The molecule has 1 atom stereocenters. The molecule has 0 unspecified atom stereocenters. The second-order valence-corrected chi connectivity index (χ2v) is 6.21. The minimum atomic E-state index is 0.637. The first kappa shape index (κ1) is 14.9. The van der Waals surface area contributed by atoms with E-state index in [4.69, 9.17) is 4.98 Å². The molecule has 0 bridgehead atoms. The van der Waals surface area contributed by atoms with Gasteiger partial charge >= 0.3 is 0 Å². The lowest BCUT2D eigenvalue weighted by molar-refractivity contribution is 0.612. The SMILES string of the molecule is c1ccc([C@@H]2CCCN(c3cncc(-n4cccn4)n3)CC2)cc1. The molecule has 0 N–H and O–H groups in total. The Balaban J connectivity index is 1.50. The number of anilines is 1. The summed E-state index contributed by atoms with van der Waals surface area (Å²) < 4.78 is 1.75. The second-order valence-electron chi connectivity index (χ2n) is 6.21. The molecule has 0 saturated carbocycles. The van der Waals surface area contributed by atoms with E-state index in [2.05, 4.69) is 45.3 Å². The van der Waals surface area contributed by atoms with Gasteiger partial charge in [0.15, 0.2) is 5.82 Å². The fraction of sp³-hybridized carbons (Fsp3) is 0.316. The van der Waals surface area contributed by atoms with Gasteiger partial charge in [-0.05, 0) is 36.8 Å². The van der Waals surface area contributed by atoms with Gasteiger partial charge in [-0.3, -0.25) is 4.98 Å². The van der Waals surface area contributed by atoms with E-state index < -0.39 is 0 Å². The summed E-state index contributed by atoms with van der Waals surface area (Å²) in [6, 6.07) is 12.7. The maximum atomic E-state index is 4.74. The first-order chi connectivity index (χ1) is 11.9. The van der Waals surface area contributed by atoms with Gasteiger partial charge in [-0.25, -0.2) is 9.67 Å². The van der Waals surface area contributed by atoms with E-state index in [9.17, 15) is 0 Å². The summed E-state index contributed by atoms with van der Waals surface area (Å²) in [6.07, 6.45) is 10.8. The van der Waals surface area contributed by atoms with Gasteiger partial charge in [0.05, 0.1) is 12.4 Å². The van der Waals surface area contributed by atoms with Crippen molar-refractivity contribution in [2.45, 2.75) is 25.2 Å². The van der Waals surface area contributed by atoms with Crippen molar-refractivity contribution in [3.63, 3.8) is 0 Å². The van der Waals surface area contributed by atoms with Crippen LogP contribution in [0.5, 0.6) is 0 Å². The Bertz CT molecular complexity index is 769. The zero-order valence-electron chi connectivity index (χ0n) is 13.6. The Morgan fingerprint density at radius 3 is 2.62 bits per heavy atom. The molecule has 3 heterocycles. The zero-order valence-corrected chi connectivity index (χ0v) is 13.6. The number of nitrogens with zero attached hydrogens (tertiary/aromatic N) is 5. The molecule has 5 nitrogen and oxygen atoms in total. The highest BCUT2D eigenvalue weighted by atomic mass is 15.3.